The van der Waals surface area contributed by atoms with Crippen LogP contribution in [0.1, 0.15) is 38.1 Å². The zero-order valence-electron chi connectivity index (χ0n) is 14.9. The number of amides is 1. The van der Waals surface area contributed by atoms with Crippen LogP contribution < -0.4 is 10.1 Å². The van der Waals surface area contributed by atoms with E-state index in [9.17, 15) is 14.7 Å². The van der Waals surface area contributed by atoms with Crippen LogP contribution in [0.4, 0.5) is 4.79 Å². The number of aromatic nitrogens is 1. The van der Waals surface area contributed by atoms with E-state index >= 15 is 0 Å². The molecular weight excluding hydrogens is 336 g/mol. The number of carboxylic acid groups (broad SMARTS) is 1. The minimum Gasteiger partial charge on any atom is -0.487 e. The monoisotopic (exact) mass is 358 g/mol. The topological polar surface area (TPSA) is 97.8 Å². The molecule has 0 aliphatic rings. The maximum absolute atomic E-state index is 11.8. The highest BCUT2D eigenvalue weighted by molar-refractivity contribution is 5.81. The summed E-state index contributed by atoms with van der Waals surface area (Å²) in [4.78, 5) is 27.4. The molecular formula is C19H22N2O5. The van der Waals surface area contributed by atoms with Crippen LogP contribution in [0.2, 0.25) is 0 Å². The molecule has 0 radical (unpaired) electrons. The third-order valence-corrected chi connectivity index (χ3v) is 3.21. The minimum atomic E-state index is -1.31. The predicted octanol–water partition coefficient (Wildman–Crippen LogP) is 3.31. The molecule has 1 aromatic heterocycles. The van der Waals surface area contributed by atoms with Gasteiger partial charge in [-0.3, -0.25) is 4.98 Å². The van der Waals surface area contributed by atoms with Crippen LogP contribution in [0.3, 0.4) is 0 Å². The van der Waals surface area contributed by atoms with Crippen molar-refractivity contribution >= 4 is 12.1 Å². The number of pyridine rings is 1. The molecule has 0 saturated carbocycles. The van der Waals surface area contributed by atoms with Crippen LogP contribution in [0, 0.1) is 0 Å². The predicted molar refractivity (Wildman–Crippen MR) is 94.8 cm³/mol. The molecule has 0 aliphatic heterocycles. The SMILES string of the molecule is CC(C)(C)OC(=O)NC(C(=O)O)c1ccc(OCc2ccccc2)cn1. The van der Waals surface area contributed by atoms with Gasteiger partial charge in [-0.15, -0.1) is 0 Å². The maximum Gasteiger partial charge on any atom is 0.408 e. The molecule has 0 aliphatic carbocycles. The van der Waals surface area contributed by atoms with Crippen molar-refractivity contribution in [3.8, 4) is 5.75 Å². The standard InChI is InChI=1S/C19H22N2O5/c1-19(2,3)26-18(24)21-16(17(22)23)15-10-9-14(11-20-15)25-12-13-7-5-4-6-8-13/h4-11,16H,12H2,1-3H3,(H,21,24)(H,22,23). The Morgan fingerprint density at radius 2 is 1.85 bits per heavy atom. The van der Waals surface area contributed by atoms with Crippen LogP contribution in [0.25, 0.3) is 0 Å². The van der Waals surface area contributed by atoms with Gasteiger partial charge in [-0.2, -0.15) is 0 Å². The number of hydrogen-bond acceptors (Lipinski definition) is 5. The molecule has 1 aromatic carbocycles. The van der Waals surface area contributed by atoms with E-state index in [1.807, 2.05) is 30.3 Å². The summed E-state index contributed by atoms with van der Waals surface area (Å²) in [5, 5.41) is 11.7. The smallest absolute Gasteiger partial charge is 0.408 e. The number of alkyl carbamates (subject to hydrolysis) is 1. The number of nitrogens with one attached hydrogen (secondary N) is 1. The van der Waals surface area contributed by atoms with Crippen molar-refractivity contribution in [2.75, 3.05) is 0 Å². The summed E-state index contributed by atoms with van der Waals surface area (Å²) in [6.45, 7) is 5.46. The van der Waals surface area contributed by atoms with Gasteiger partial charge in [0.05, 0.1) is 11.9 Å². The normalized spacial score (nSPS) is 12.1. The van der Waals surface area contributed by atoms with Gasteiger partial charge in [-0.25, -0.2) is 9.59 Å². The van der Waals surface area contributed by atoms with E-state index < -0.39 is 23.7 Å². The molecule has 138 valence electrons. The highest BCUT2D eigenvalue weighted by Gasteiger charge is 2.26. The average molecular weight is 358 g/mol. The summed E-state index contributed by atoms with van der Waals surface area (Å²) in [7, 11) is 0. The average Bonchev–Trinajstić information content (AvgIpc) is 2.57. The van der Waals surface area contributed by atoms with Crippen molar-refractivity contribution in [3.63, 3.8) is 0 Å². The van der Waals surface area contributed by atoms with Crippen LogP contribution in [-0.2, 0) is 16.1 Å². The lowest BCUT2D eigenvalue weighted by Gasteiger charge is -2.21. The number of carbonyl (C=O) groups excluding carboxylic acids is 1. The Morgan fingerprint density at radius 1 is 1.15 bits per heavy atom. The van der Waals surface area contributed by atoms with Crippen molar-refractivity contribution in [1.29, 1.82) is 0 Å². The summed E-state index contributed by atoms with van der Waals surface area (Å²) in [5.74, 6) is -0.736. The van der Waals surface area contributed by atoms with Gasteiger partial charge in [0.15, 0.2) is 6.04 Å². The van der Waals surface area contributed by atoms with Gasteiger partial charge in [0.25, 0.3) is 0 Å². The minimum absolute atomic E-state index is 0.176. The van der Waals surface area contributed by atoms with Crippen LogP contribution in [-0.4, -0.2) is 27.8 Å². The second kappa shape index (κ2) is 8.33. The summed E-state index contributed by atoms with van der Waals surface area (Å²) in [5.41, 5.74) is 0.456. The van der Waals surface area contributed by atoms with E-state index in [1.165, 1.54) is 12.3 Å². The number of aliphatic carboxylic acids is 1. The fourth-order valence-corrected chi connectivity index (χ4v) is 2.08. The van der Waals surface area contributed by atoms with Gasteiger partial charge in [-0.05, 0) is 38.5 Å². The molecule has 7 heteroatoms. The summed E-state index contributed by atoms with van der Waals surface area (Å²) >= 11 is 0. The highest BCUT2D eigenvalue weighted by atomic mass is 16.6. The van der Waals surface area contributed by atoms with Gasteiger partial charge in [0.2, 0.25) is 0 Å². The molecule has 0 bridgehead atoms. The number of rotatable bonds is 6. The quantitative estimate of drug-likeness (QED) is 0.822. The first-order valence-corrected chi connectivity index (χ1v) is 8.09. The molecule has 0 saturated heterocycles. The third-order valence-electron chi connectivity index (χ3n) is 3.21. The number of benzene rings is 1. The van der Waals surface area contributed by atoms with Crippen molar-refractivity contribution in [2.45, 2.75) is 39.0 Å². The first-order valence-electron chi connectivity index (χ1n) is 8.09. The zero-order chi connectivity index (χ0) is 19.2. The van der Waals surface area contributed by atoms with Crippen molar-refractivity contribution in [1.82, 2.24) is 10.3 Å². The Labute approximate surface area is 152 Å². The highest BCUT2D eigenvalue weighted by Crippen LogP contribution is 2.17. The number of carboxylic acids is 1. The number of hydrogen-bond donors (Lipinski definition) is 2. The molecule has 1 heterocycles. The maximum atomic E-state index is 11.8. The molecule has 7 nitrogen and oxygen atoms in total. The largest absolute Gasteiger partial charge is 0.487 e. The Bertz CT molecular complexity index is 739. The molecule has 1 unspecified atom stereocenters. The lowest BCUT2D eigenvalue weighted by molar-refractivity contribution is -0.139. The van der Waals surface area contributed by atoms with Crippen molar-refractivity contribution in [2.24, 2.45) is 0 Å². The van der Waals surface area contributed by atoms with Crippen LogP contribution >= 0.6 is 0 Å². The second-order valence-electron chi connectivity index (χ2n) is 6.61. The van der Waals surface area contributed by atoms with E-state index in [-0.39, 0.29) is 5.69 Å². The fourth-order valence-electron chi connectivity index (χ4n) is 2.08. The number of ether oxygens (including phenoxy) is 2. The molecule has 1 amide bonds. The van der Waals surface area contributed by atoms with Crippen molar-refractivity contribution < 1.29 is 24.2 Å². The van der Waals surface area contributed by atoms with Gasteiger partial charge in [-0.1, -0.05) is 30.3 Å². The van der Waals surface area contributed by atoms with Gasteiger partial charge < -0.3 is 19.9 Å². The zero-order valence-corrected chi connectivity index (χ0v) is 14.9. The Balaban J connectivity index is 2.01. The molecule has 2 N–H and O–H groups in total. The van der Waals surface area contributed by atoms with E-state index in [4.69, 9.17) is 9.47 Å². The van der Waals surface area contributed by atoms with Gasteiger partial charge >= 0.3 is 12.1 Å². The van der Waals surface area contributed by atoms with Crippen LogP contribution in [0.5, 0.6) is 5.75 Å². The first-order chi connectivity index (χ1) is 12.2. The number of carbonyl (C=O) groups is 2. The third kappa shape index (κ3) is 6.08. The summed E-state index contributed by atoms with van der Waals surface area (Å²) < 4.78 is 10.7. The fraction of sp³-hybridized carbons (Fsp3) is 0.316. The Kier molecular flexibility index (Phi) is 6.16. The van der Waals surface area contributed by atoms with Crippen molar-refractivity contribution in [3.05, 3.63) is 59.9 Å². The molecule has 2 rings (SSSR count). The number of nitrogens with zero attached hydrogens (tertiary/aromatic N) is 1. The van der Waals surface area contributed by atoms with Gasteiger partial charge in [0, 0.05) is 0 Å². The second-order valence-corrected chi connectivity index (χ2v) is 6.61. The van der Waals surface area contributed by atoms with Crippen LogP contribution in [0.15, 0.2) is 48.7 Å². The molecule has 1 atom stereocenters. The molecule has 0 spiro atoms. The lowest BCUT2D eigenvalue weighted by atomic mass is 10.2. The Morgan fingerprint density at radius 3 is 2.38 bits per heavy atom. The first kappa shape index (κ1) is 19.2. The van der Waals surface area contributed by atoms with Gasteiger partial charge in [0.1, 0.15) is 18.0 Å². The lowest BCUT2D eigenvalue weighted by Crippen LogP contribution is -2.38. The van der Waals surface area contributed by atoms with E-state index in [1.54, 1.807) is 26.8 Å². The molecule has 2 aromatic rings. The van der Waals surface area contributed by atoms with E-state index in [0.717, 1.165) is 5.56 Å². The molecule has 0 fully saturated rings. The summed E-state index contributed by atoms with van der Waals surface area (Å²) in [6, 6.07) is 11.4. The van der Waals surface area contributed by atoms with E-state index in [2.05, 4.69) is 10.3 Å². The van der Waals surface area contributed by atoms with E-state index in [0.29, 0.717) is 12.4 Å². The summed E-state index contributed by atoms with van der Waals surface area (Å²) in [6.07, 6.45) is 0.599. The Hall–Kier alpha value is -3.09. The molecule has 26 heavy (non-hydrogen) atoms.